The van der Waals surface area contributed by atoms with Gasteiger partial charge in [0.1, 0.15) is 11.9 Å². The fraction of sp³-hybridized carbons (Fsp3) is 0.450. The molecule has 1 aliphatic heterocycles. The zero-order valence-electron chi connectivity index (χ0n) is 16.4. The van der Waals surface area contributed by atoms with Crippen molar-refractivity contribution in [3.05, 3.63) is 46.1 Å². The maximum atomic E-state index is 12.8. The molecule has 2 atom stereocenters. The third-order valence-electron chi connectivity index (χ3n) is 4.99. The van der Waals surface area contributed by atoms with Crippen molar-refractivity contribution in [2.45, 2.75) is 52.1 Å². The molecule has 1 aromatic carbocycles. The largest absolute Gasteiger partial charge is 0.358 e. The van der Waals surface area contributed by atoms with E-state index in [9.17, 15) is 14.9 Å². The summed E-state index contributed by atoms with van der Waals surface area (Å²) in [4.78, 5) is 34.2. The van der Waals surface area contributed by atoms with Crippen molar-refractivity contribution in [3.63, 3.8) is 0 Å². The second kappa shape index (κ2) is 8.33. The number of nitrogens with one attached hydrogen (secondary N) is 1. The number of nitro benzene ring substituents is 1. The molecule has 0 spiro atoms. The van der Waals surface area contributed by atoms with Gasteiger partial charge in [-0.15, -0.1) is 0 Å². The number of anilines is 1. The van der Waals surface area contributed by atoms with Crippen LogP contribution in [0.1, 0.15) is 38.8 Å². The monoisotopic (exact) mass is 383 g/mol. The number of aryl methyl sites for hydroxylation is 1. The summed E-state index contributed by atoms with van der Waals surface area (Å²) in [6, 6.07) is 7.81. The molecule has 1 N–H and O–H groups in total. The lowest BCUT2D eigenvalue weighted by molar-refractivity contribution is -0.384. The maximum Gasteiger partial charge on any atom is 0.270 e. The lowest BCUT2D eigenvalue weighted by Gasteiger charge is -2.35. The Morgan fingerprint density at radius 3 is 2.82 bits per heavy atom. The van der Waals surface area contributed by atoms with Crippen molar-refractivity contribution in [2.24, 2.45) is 0 Å². The third kappa shape index (κ3) is 4.44. The molecule has 0 saturated carbocycles. The minimum atomic E-state index is -0.445. The zero-order chi connectivity index (χ0) is 20.3. The Balaban J connectivity index is 1.80. The first kappa shape index (κ1) is 19.7. The minimum Gasteiger partial charge on any atom is -0.358 e. The van der Waals surface area contributed by atoms with E-state index in [2.05, 4.69) is 22.2 Å². The molecule has 1 aromatic heterocycles. The van der Waals surface area contributed by atoms with E-state index >= 15 is 0 Å². The van der Waals surface area contributed by atoms with E-state index in [1.165, 1.54) is 12.1 Å². The molecule has 3 rings (SSSR count). The standard InChI is InChI=1S/C20H25N5O3/c1-13-11-18(22-15(3)20(26)24-10-5-4-7-14(24)2)23-19(21-13)16-8-6-9-17(12-16)25(27)28/h6,8-9,11-12,14-15H,4-5,7,10H2,1-3H3,(H,21,22,23). The molecule has 148 valence electrons. The summed E-state index contributed by atoms with van der Waals surface area (Å²) in [5, 5.41) is 14.2. The van der Waals surface area contributed by atoms with Crippen LogP contribution in [0.25, 0.3) is 11.4 Å². The Kier molecular flexibility index (Phi) is 5.87. The smallest absolute Gasteiger partial charge is 0.270 e. The number of nitro groups is 1. The Morgan fingerprint density at radius 2 is 2.11 bits per heavy atom. The number of carbonyl (C=O) groups is 1. The summed E-state index contributed by atoms with van der Waals surface area (Å²) in [6.45, 7) is 6.52. The van der Waals surface area contributed by atoms with Gasteiger partial charge in [-0.2, -0.15) is 0 Å². The molecule has 0 radical (unpaired) electrons. The number of amides is 1. The van der Waals surface area contributed by atoms with Crippen molar-refractivity contribution in [1.29, 1.82) is 0 Å². The number of aromatic nitrogens is 2. The molecule has 28 heavy (non-hydrogen) atoms. The molecule has 2 aromatic rings. The average Bonchev–Trinajstić information content (AvgIpc) is 2.67. The summed E-state index contributed by atoms with van der Waals surface area (Å²) >= 11 is 0. The first-order valence-corrected chi connectivity index (χ1v) is 9.52. The molecular weight excluding hydrogens is 358 g/mol. The second-order valence-electron chi connectivity index (χ2n) is 7.27. The van der Waals surface area contributed by atoms with E-state index in [0.717, 1.165) is 25.8 Å². The first-order chi connectivity index (χ1) is 13.3. The van der Waals surface area contributed by atoms with Gasteiger partial charge in [-0.1, -0.05) is 12.1 Å². The number of piperidine rings is 1. The average molecular weight is 383 g/mol. The van der Waals surface area contributed by atoms with Crippen LogP contribution in [0, 0.1) is 17.0 Å². The number of benzene rings is 1. The Morgan fingerprint density at radius 1 is 1.32 bits per heavy atom. The van der Waals surface area contributed by atoms with E-state index < -0.39 is 11.0 Å². The molecule has 1 amide bonds. The molecule has 1 fully saturated rings. The van der Waals surface area contributed by atoms with E-state index in [-0.39, 0.29) is 17.6 Å². The topological polar surface area (TPSA) is 101 Å². The number of non-ortho nitro benzene ring substituents is 1. The van der Waals surface area contributed by atoms with Crippen molar-refractivity contribution in [2.75, 3.05) is 11.9 Å². The molecule has 1 aliphatic rings. The summed E-state index contributed by atoms with van der Waals surface area (Å²) in [7, 11) is 0. The van der Waals surface area contributed by atoms with Crippen molar-refractivity contribution < 1.29 is 9.72 Å². The van der Waals surface area contributed by atoms with Crippen LogP contribution >= 0.6 is 0 Å². The molecule has 8 heteroatoms. The highest BCUT2D eigenvalue weighted by Gasteiger charge is 2.27. The van der Waals surface area contributed by atoms with Crippen LogP contribution in [-0.2, 0) is 4.79 Å². The van der Waals surface area contributed by atoms with Gasteiger partial charge in [0.15, 0.2) is 5.82 Å². The van der Waals surface area contributed by atoms with Gasteiger partial charge in [-0.25, -0.2) is 9.97 Å². The van der Waals surface area contributed by atoms with Gasteiger partial charge in [0.2, 0.25) is 5.91 Å². The van der Waals surface area contributed by atoms with E-state index in [4.69, 9.17) is 0 Å². The predicted molar refractivity (Wildman–Crippen MR) is 107 cm³/mol. The van der Waals surface area contributed by atoms with E-state index in [1.54, 1.807) is 18.2 Å². The highest BCUT2D eigenvalue weighted by Crippen LogP contribution is 2.23. The van der Waals surface area contributed by atoms with Gasteiger partial charge in [-0.3, -0.25) is 14.9 Å². The number of rotatable bonds is 5. The quantitative estimate of drug-likeness (QED) is 0.626. The third-order valence-corrected chi connectivity index (χ3v) is 4.99. The predicted octanol–water partition coefficient (Wildman–Crippen LogP) is 3.56. The summed E-state index contributed by atoms with van der Waals surface area (Å²) in [5.41, 5.74) is 1.26. The Bertz CT molecular complexity index is 886. The summed E-state index contributed by atoms with van der Waals surface area (Å²) < 4.78 is 0. The maximum absolute atomic E-state index is 12.8. The first-order valence-electron chi connectivity index (χ1n) is 9.52. The zero-order valence-corrected chi connectivity index (χ0v) is 16.4. The van der Waals surface area contributed by atoms with Gasteiger partial charge in [0.05, 0.1) is 4.92 Å². The van der Waals surface area contributed by atoms with Crippen LogP contribution in [-0.4, -0.2) is 44.3 Å². The fourth-order valence-electron chi connectivity index (χ4n) is 3.49. The van der Waals surface area contributed by atoms with Gasteiger partial charge in [-0.05, 0) is 40.0 Å². The normalized spacial score (nSPS) is 17.8. The van der Waals surface area contributed by atoms with Gasteiger partial charge < -0.3 is 10.2 Å². The number of carbonyl (C=O) groups excluding carboxylic acids is 1. The highest BCUT2D eigenvalue weighted by molar-refractivity contribution is 5.84. The second-order valence-corrected chi connectivity index (χ2v) is 7.27. The summed E-state index contributed by atoms with van der Waals surface area (Å²) in [5.74, 6) is 0.970. The highest BCUT2D eigenvalue weighted by atomic mass is 16.6. The van der Waals surface area contributed by atoms with Crippen molar-refractivity contribution in [1.82, 2.24) is 14.9 Å². The van der Waals surface area contributed by atoms with Crippen LogP contribution < -0.4 is 5.32 Å². The van der Waals surface area contributed by atoms with Crippen LogP contribution in [0.3, 0.4) is 0 Å². The number of likely N-dealkylation sites (tertiary alicyclic amines) is 1. The number of hydrogen-bond acceptors (Lipinski definition) is 6. The molecule has 2 heterocycles. The van der Waals surface area contributed by atoms with Crippen molar-refractivity contribution in [3.8, 4) is 11.4 Å². The van der Waals surface area contributed by atoms with Crippen LogP contribution in [0.5, 0.6) is 0 Å². The molecular formula is C20H25N5O3. The van der Waals surface area contributed by atoms with Gasteiger partial charge >= 0.3 is 0 Å². The van der Waals surface area contributed by atoms with Gasteiger partial charge in [0, 0.05) is 42.0 Å². The van der Waals surface area contributed by atoms with Gasteiger partial charge in [0.25, 0.3) is 5.69 Å². The van der Waals surface area contributed by atoms with Crippen LogP contribution in [0.2, 0.25) is 0 Å². The molecule has 0 aliphatic carbocycles. The minimum absolute atomic E-state index is 0.0141. The Labute approximate surface area is 164 Å². The lowest BCUT2D eigenvalue weighted by Crippen LogP contribution is -2.48. The lowest BCUT2D eigenvalue weighted by atomic mass is 10.0. The SMILES string of the molecule is Cc1cc(NC(C)C(=O)N2CCCCC2C)nc(-c2cccc([N+](=O)[O-])c2)n1. The van der Waals surface area contributed by atoms with Crippen LogP contribution in [0.15, 0.2) is 30.3 Å². The molecule has 8 nitrogen and oxygen atoms in total. The molecule has 1 saturated heterocycles. The van der Waals surface area contributed by atoms with Crippen molar-refractivity contribution >= 4 is 17.4 Å². The number of hydrogen-bond donors (Lipinski definition) is 1. The molecule has 0 bridgehead atoms. The summed E-state index contributed by atoms with van der Waals surface area (Å²) in [6.07, 6.45) is 3.22. The number of nitrogens with zero attached hydrogens (tertiary/aromatic N) is 4. The Hall–Kier alpha value is -3.03. The molecule has 2 unspecified atom stereocenters. The fourth-order valence-corrected chi connectivity index (χ4v) is 3.49. The van der Waals surface area contributed by atoms with E-state index in [1.807, 2.05) is 18.7 Å². The van der Waals surface area contributed by atoms with E-state index in [0.29, 0.717) is 22.9 Å². The van der Waals surface area contributed by atoms with Crippen LogP contribution in [0.4, 0.5) is 11.5 Å².